The molecule has 3 aromatic rings. The quantitative estimate of drug-likeness (QED) is 0.219. The summed E-state index contributed by atoms with van der Waals surface area (Å²) >= 11 is 0. The number of alkyl halides is 3. The van der Waals surface area contributed by atoms with Gasteiger partial charge in [0.15, 0.2) is 0 Å². The third-order valence-electron chi connectivity index (χ3n) is 6.51. The molecule has 0 atom stereocenters. The predicted molar refractivity (Wildman–Crippen MR) is 151 cm³/mol. The van der Waals surface area contributed by atoms with Gasteiger partial charge in [0.05, 0.1) is 0 Å². The van der Waals surface area contributed by atoms with Crippen molar-refractivity contribution in [3.05, 3.63) is 83.2 Å². The summed E-state index contributed by atoms with van der Waals surface area (Å²) in [4.78, 5) is 10.9. The van der Waals surface area contributed by atoms with Gasteiger partial charge in [0, 0.05) is 12.0 Å². The smallest absolute Gasteiger partial charge is 0.489 e. The molecule has 0 aromatic heterocycles. The maximum atomic E-state index is 14.9. The van der Waals surface area contributed by atoms with E-state index >= 15 is 0 Å². The van der Waals surface area contributed by atoms with Gasteiger partial charge in [0.2, 0.25) is 0 Å². The molecule has 0 saturated heterocycles. The average Bonchev–Trinajstić information content (AvgIpc) is 3.77. The highest BCUT2D eigenvalue weighted by atomic mass is 19.4. The zero-order chi connectivity index (χ0) is 30.0. The molecule has 1 aliphatic carbocycles. The average molecular weight is 575 g/mol. The Balaban J connectivity index is 0.00000144. The molecule has 4 nitrogen and oxygen atoms in total. The number of benzene rings is 3. The van der Waals surface area contributed by atoms with E-state index in [1.807, 2.05) is 12.1 Å². The molecule has 0 unspecified atom stereocenters. The van der Waals surface area contributed by atoms with Gasteiger partial charge in [0.1, 0.15) is 23.9 Å². The summed E-state index contributed by atoms with van der Waals surface area (Å²) in [5.41, 5.74) is 2.86. The molecule has 1 aliphatic rings. The molecule has 1 fully saturated rings. The van der Waals surface area contributed by atoms with Crippen LogP contribution < -0.4 is 9.47 Å². The van der Waals surface area contributed by atoms with Gasteiger partial charge in [-0.05, 0) is 77.3 Å². The van der Waals surface area contributed by atoms with Crippen LogP contribution in [0.25, 0.3) is 11.1 Å². The molecule has 0 bridgehead atoms. The number of carboxylic acids is 1. The van der Waals surface area contributed by atoms with Crippen LogP contribution in [-0.4, -0.2) is 17.4 Å². The SMILES string of the molecule is C1CC1.CCCC(C)(C)Cc1cc(COc2cccc(CCC(=O)O)c2)ccc1-c1cc(OC(F)(F)F)ccc1F. The van der Waals surface area contributed by atoms with Gasteiger partial charge in [-0.1, -0.05) is 76.8 Å². The van der Waals surface area contributed by atoms with E-state index in [2.05, 4.69) is 25.5 Å². The molecular formula is C33H38F4O4. The lowest BCUT2D eigenvalue weighted by Gasteiger charge is -2.26. The Bertz CT molecular complexity index is 1300. The molecule has 4 rings (SSSR count). The molecule has 0 aliphatic heterocycles. The minimum Gasteiger partial charge on any atom is -0.489 e. The van der Waals surface area contributed by atoms with Crippen LogP contribution >= 0.6 is 0 Å². The van der Waals surface area contributed by atoms with Gasteiger partial charge in [-0.3, -0.25) is 4.79 Å². The Kier molecular flexibility index (Phi) is 11.2. The van der Waals surface area contributed by atoms with Crippen LogP contribution in [0.3, 0.4) is 0 Å². The first kappa shape index (κ1) is 32.0. The van der Waals surface area contributed by atoms with Gasteiger partial charge in [-0.2, -0.15) is 0 Å². The highest BCUT2D eigenvalue weighted by Gasteiger charge is 2.31. The lowest BCUT2D eigenvalue weighted by Crippen LogP contribution is -2.17. The molecule has 1 saturated carbocycles. The van der Waals surface area contributed by atoms with Crippen LogP contribution in [0.5, 0.6) is 11.5 Å². The van der Waals surface area contributed by atoms with Crippen molar-refractivity contribution in [3.8, 4) is 22.6 Å². The van der Waals surface area contributed by atoms with Crippen molar-refractivity contribution < 1.29 is 36.9 Å². The minimum atomic E-state index is -4.88. The molecule has 3 aromatic carbocycles. The number of aliphatic carboxylic acids is 1. The molecule has 8 heteroatoms. The van der Waals surface area contributed by atoms with Crippen molar-refractivity contribution in [2.75, 3.05) is 0 Å². The summed E-state index contributed by atoms with van der Waals surface area (Å²) in [6.45, 7) is 6.50. The Labute approximate surface area is 239 Å². The van der Waals surface area contributed by atoms with E-state index in [1.54, 1.807) is 30.3 Å². The summed E-state index contributed by atoms with van der Waals surface area (Å²) in [6.07, 6.45) is 2.47. The van der Waals surface area contributed by atoms with Crippen molar-refractivity contribution in [1.82, 2.24) is 0 Å². The first-order chi connectivity index (χ1) is 19.3. The van der Waals surface area contributed by atoms with Gasteiger partial charge in [0.25, 0.3) is 0 Å². The second-order valence-corrected chi connectivity index (χ2v) is 11.2. The van der Waals surface area contributed by atoms with Crippen molar-refractivity contribution in [3.63, 3.8) is 0 Å². The monoisotopic (exact) mass is 574 g/mol. The van der Waals surface area contributed by atoms with Gasteiger partial charge in [-0.25, -0.2) is 4.39 Å². The molecule has 222 valence electrons. The van der Waals surface area contributed by atoms with E-state index in [9.17, 15) is 22.4 Å². The van der Waals surface area contributed by atoms with Crippen LogP contribution in [0.2, 0.25) is 0 Å². The Morgan fingerprint density at radius 3 is 2.27 bits per heavy atom. The number of halogens is 4. The molecular weight excluding hydrogens is 536 g/mol. The van der Waals surface area contributed by atoms with Crippen LogP contribution in [0.1, 0.15) is 76.0 Å². The largest absolute Gasteiger partial charge is 0.573 e. The fourth-order valence-electron chi connectivity index (χ4n) is 4.54. The highest BCUT2D eigenvalue weighted by Crippen LogP contribution is 2.37. The fourth-order valence-corrected chi connectivity index (χ4v) is 4.54. The maximum Gasteiger partial charge on any atom is 0.573 e. The third-order valence-corrected chi connectivity index (χ3v) is 6.51. The predicted octanol–water partition coefficient (Wildman–Crippen LogP) is 9.53. The van der Waals surface area contributed by atoms with Crippen molar-refractivity contribution in [1.29, 1.82) is 0 Å². The van der Waals surface area contributed by atoms with Gasteiger partial charge >= 0.3 is 12.3 Å². The number of carboxylic acid groups (broad SMARTS) is 1. The van der Waals surface area contributed by atoms with E-state index in [1.165, 1.54) is 19.3 Å². The summed E-state index contributed by atoms with van der Waals surface area (Å²) in [5, 5.41) is 8.91. The van der Waals surface area contributed by atoms with E-state index in [0.717, 1.165) is 47.7 Å². The fraction of sp³-hybridized carbons (Fsp3) is 0.424. The maximum absolute atomic E-state index is 14.9. The van der Waals surface area contributed by atoms with Crippen molar-refractivity contribution in [2.24, 2.45) is 5.41 Å². The third kappa shape index (κ3) is 11.5. The second-order valence-electron chi connectivity index (χ2n) is 11.2. The van der Waals surface area contributed by atoms with E-state index in [4.69, 9.17) is 9.84 Å². The topological polar surface area (TPSA) is 55.8 Å². The molecule has 0 radical (unpaired) electrons. The number of carbonyl (C=O) groups is 1. The van der Waals surface area contributed by atoms with Crippen LogP contribution in [0, 0.1) is 11.2 Å². The number of ether oxygens (including phenoxy) is 2. The van der Waals surface area contributed by atoms with E-state index < -0.39 is 23.9 Å². The number of hydrogen-bond donors (Lipinski definition) is 1. The van der Waals surface area contributed by atoms with Gasteiger partial charge < -0.3 is 14.6 Å². The molecule has 1 N–H and O–H groups in total. The number of hydrogen-bond acceptors (Lipinski definition) is 3. The molecule has 0 heterocycles. The molecule has 0 amide bonds. The van der Waals surface area contributed by atoms with Crippen LogP contribution in [-0.2, 0) is 24.2 Å². The first-order valence-corrected chi connectivity index (χ1v) is 14.0. The normalized spacial score (nSPS) is 12.8. The summed E-state index contributed by atoms with van der Waals surface area (Å²) in [6, 6.07) is 15.6. The van der Waals surface area contributed by atoms with E-state index in [-0.39, 0.29) is 24.0 Å². The number of aryl methyl sites for hydroxylation is 1. The Hall–Kier alpha value is -3.55. The first-order valence-electron chi connectivity index (χ1n) is 14.0. The lowest BCUT2D eigenvalue weighted by molar-refractivity contribution is -0.274. The minimum absolute atomic E-state index is 0.0214. The Morgan fingerprint density at radius 1 is 0.902 bits per heavy atom. The molecule has 0 spiro atoms. The summed E-state index contributed by atoms with van der Waals surface area (Å²) in [5.74, 6) is -1.41. The van der Waals surface area contributed by atoms with Gasteiger partial charge in [-0.15, -0.1) is 13.2 Å². The zero-order valence-electron chi connectivity index (χ0n) is 23.8. The molecule has 41 heavy (non-hydrogen) atoms. The highest BCUT2D eigenvalue weighted by molar-refractivity contribution is 5.70. The summed E-state index contributed by atoms with van der Waals surface area (Å²) < 4.78 is 63.2. The lowest BCUT2D eigenvalue weighted by atomic mass is 9.79. The van der Waals surface area contributed by atoms with E-state index in [0.29, 0.717) is 24.2 Å². The summed E-state index contributed by atoms with van der Waals surface area (Å²) in [7, 11) is 0. The van der Waals surface area contributed by atoms with Crippen LogP contribution in [0.4, 0.5) is 17.6 Å². The standard InChI is InChI=1S/C30H32F4O4.C3H6/c1-4-14-29(2,3)18-22-15-21(19-37-23-7-5-6-20(16-23)9-13-28(35)36)8-11-25(22)26-17-24(10-12-27(26)31)38-30(32,33)34;1-2-3-1/h5-8,10-12,15-17H,4,9,13-14,18-19H2,1-3H3,(H,35,36);1-3H2. The van der Waals surface area contributed by atoms with Crippen molar-refractivity contribution >= 4 is 5.97 Å². The van der Waals surface area contributed by atoms with Crippen LogP contribution in [0.15, 0.2) is 60.7 Å². The van der Waals surface area contributed by atoms with Crippen molar-refractivity contribution in [2.45, 2.75) is 85.1 Å². The Morgan fingerprint density at radius 2 is 1.63 bits per heavy atom. The zero-order valence-corrected chi connectivity index (χ0v) is 23.8. The second kappa shape index (κ2) is 14.4. The number of rotatable bonds is 12.